The van der Waals surface area contributed by atoms with Gasteiger partial charge < -0.3 is 15.4 Å². The quantitative estimate of drug-likeness (QED) is 0.370. The Labute approximate surface area is 165 Å². The van der Waals surface area contributed by atoms with E-state index >= 15 is 0 Å². The molecule has 0 radical (unpaired) electrons. The van der Waals surface area contributed by atoms with Gasteiger partial charge in [-0.3, -0.25) is 14.3 Å². The summed E-state index contributed by atoms with van der Waals surface area (Å²) in [5.74, 6) is 1.76. The van der Waals surface area contributed by atoms with Crippen LogP contribution in [0.25, 0.3) is 5.65 Å². The van der Waals surface area contributed by atoms with Crippen molar-refractivity contribution in [3.63, 3.8) is 0 Å². The molecule has 0 aromatic carbocycles. The van der Waals surface area contributed by atoms with Crippen LogP contribution < -0.4 is 10.6 Å². The summed E-state index contributed by atoms with van der Waals surface area (Å²) < 4.78 is 7.37. The van der Waals surface area contributed by atoms with Gasteiger partial charge in [0.15, 0.2) is 11.6 Å². The van der Waals surface area contributed by atoms with Crippen LogP contribution in [-0.4, -0.2) is 78.4 Å². The van der Waals surface area contributed by atoms with Crippen molar-refractivity contribution in [2.75, 3.05) is 53.0 Å². The van der Waals surface area contributed by atoms with E-state index in [9.17, 15) is 0 Å². The van der Waals surface area contributed by atoms with Crippen molar-refractivity contribution in [2.45, 2.75) is 6.42 Å². The van der Waals surface area contributed by atoms with E-state index in [0.717, 1.165) is 69.8 Å². The van der Waals surface area contributed by atoms with Crippen molar-refractivity contribution in [3.8, 4) is 0 Å². The third kappa shape index (κ3) is 5.79. The van der Waals surface area contributed by atoms with Crippen LogP contribution in [0.15, 0.2) is 29.4 Å². The second-order valence-electron chi connectivity index (χ2n) is 5.67. The van der Waals surface area contributed by atoms with Gasteiger partial charge in [-0.2, -0.15) is 0 Å². The van der Waals surface area contributed by atoms with Gasteiger partial charge in [0.05, 0.1) is 13.2 Å². The Balaban J connectivity index is 0.00000225. The number of pyridine rings is 1. The zero-order chi connectivity index (χ0) is 16.6. The number of rotatable bonds is 6. The molecule has 3 heterocycles. The van der Waals surface area contributed by atoms with Crippen LogP contribution in [0.4, 0.5) is 0 Å². The lowest BCUT2D eigenvalue weighted by Gasteiger charge is -2.26. The Morgan fingerprint density at radius 1 is 1.20 bits per heavy atom. The standard InChI is InChI=1S/C16H25N7O.HI/c1-17-16(19-7-9-22-10-12-24-13-11-22)18-6-5-15-21-20-14-4-2-3-8-23(14)15;/h2-4,8H,5-7,9-13H2,1H3,(H2,17,18,19);1H. The first-order valence-corrected chi connectivity index (χ1v) is 8.40. The molecule has 1 fully saturated rings. The van der Waals surface area contributed by atoms with E-state index in [2.05, 4.69) is 30.7 Å². The summed E-state index contributed by atoms with van der Waals surface area (Å²) in [6, 6.07) is 5.90. The molecule has 2 aromatic heterocycles. The largest absolute Gasteiger partial charge is 0.379 e. The third-order valence-corrected chi connectivity index (χ3v) is 4.07. The average Bonchev–Trinajstić information content (AvgIpc) is 3.04. The van der Waals surface area contributed by atoms with Gasteiger partial charge in [-0.1, -0.05) is 6.07 Å². The Morgan fingerprint density at radius 3 is 2.80 bits per heavy atom. The molecule has 8 nitrogen and oxygen atoms in total. The molecule has 0 aliphatic carbocycles. The maximum Gasteiger partial charge on any atom is 0.191 e. The zero-order valence-electron chi connectivity index (χ0n) is 14.5. The Morgan fingerprint density at radius 2 is 2.00 bits per heavy atom. The highest BCUT2D eigenvalue weighted by molar-refractivity contribution is 14.0. The summed E-state index contributed by atoms with van der Waals surface area (Å²) in [5, 5.41) is 15.1. The number of aliphatic imine (C=N–C) groups is 1. The fourth-order valence-electron chi connectivity index (χ4n) is 2.73. The van der Waals surface area contributed by atoms with Crippen molar-refractivity contribution < 1.29 is 4.74 Å². The first-order valence-electron chi connectivity index (χ1n) is 8.40. The van der Waals surface area contributed by atoms with Crippen LogP contribution in [0.2, 0.25) is 0 Å². The normalized spacial score (nSPS) is 15.8. The number of halogens is 1. The molecule has 138 valence electrons. The molecule has 0 saturated carbocycles. The van der Waals surface area contributed by atoms with Gasteiger partial charge in [0.1, 0.15) is 5.82 Å². The molecule has 0 bridgehead atoms. The minimum absolute atomic E-state index is 0. The van der Waals surface area contributed by atoms with E-state index in [-0.39, 0.29) is 24.0 Å². The summed E-state index contributed by atoms with van der Waals surface area (Å²) in [4.78, 5) is 6.66. The van der Waals surface area contributed by atoms with Gasteiger partial charge in [0.25, 0.3) is 0 Å². The molecule has 1 saturated heterocycles. The second kappa shape index (κ2) is 10.5. The van der Waals surface area contributed by atoms with E-state index in [0.29, 0.717) is 0 Å². The molecule has 0 amide bonds. The van der Waals surface area contributed by atoms with Crippen molar-refractivity contribution in [3.05, 3.63) is 30.2 Å². The zero-order valence-corrected chi connectivity index (χ0v) is 16.8. The number of ether oxygens (including phenoxy) is 1. The molecule has 0 atom stereocenters. The maximum absolute atomic E-state index is 5.36. The van der Waals surface area contributed by atoms with Crippen molar-refractivity contribution in [1.29, 1.82) is 0 Å². The molecular weight excluding hydrogens is 433 g/mol. The van der Waals surface area contributed by atoms with Crippen molar-refractivity contribution >= 4 is 35.6 Å². The summed E-state index contributed by atoms with van der Waals surface area (Å²) in [7, 11) is 1.79. The molecule has 25 heavy (non-hydrogen) atoms. The minimum atomic E-state index is 0. The summed E-state index contributed by atoms with van der Waals surface area (Å²) in [5.41, 5.74) is 0.875. The highest BCUT2D eigenvalue weighted by atomic mass is 127. The smallest absolute Gasteiger partial charge is 0.191 e. The van der Waals surface area contributed by atoms with Crippen LogP contribution in [0, 0.1) is 0 Å². The molecule has 2 N–H and O–H groups in total. The fourth-order valence-corrected chi connectivity index (χ4v) is 2.73. The third-order valence-electron chi connectivity index (χ3n) is 4.07. The van der Waals surface area contributed by atoms with Gasteiger partial charge >= 0.3 is 0 Å². The number of hydrogen-bond donors (Lipinski definition) is 2. The second-order valence-corrected chi connectivity index (χ2v) is 5.67. The highest BCUT2D eigenvalue weighted by Crippen LogP contribution is 2.02. The predicted molar refractivity (Wildman–Crippen MR) is 109 cm³/mol. The van der Waals surface area contributed by atoms with Crippen LogP contribution in [0.5, 0.6) is 0 Å². The van der Waals surface area contributed by atoms with Crippen molar-refractivity contribution in [1.82, 2.24) is 30.1 Å². The number of fused-ring (bicyclic) bond motifs is 1. The summed E-state index contributed by atoms with van der Waals surface area (Å²) in [6.07, 6.45) is 2.77. The lowest BCUT2D eigenvalue weighted by atomic mass is 10.4. The molecule has 0 unspecified atom stereocenters. The summed E-state index contributed by atoms with van der Waals surface area (Å²) >= 11 is 0. The summed E-state index contributed by atoms with van der Waals surface area (Å²) in [6.45, 7) is 6.30. The highest BCUT2D eigenvalue weighted by Gasteiger charge is 2.10. The Hall–Kier alpha value is -1.46. The first kappa shape index (κ1) is 19.9. The van der Waals surface area contributed by atoms with E-state index in [1.807, 2.05) is 28.8 Å². The lowest BCUT2D eigenvalue weighted by molar-refractivity contribution is 0.0389. The average molecular weight is 459 g/mol. The maximum atomic E-state index is 5.36. The van der Waals surface area contributed by atoms with Gasteiger partial charge in [-0.05, 0) is 12.1 Å². The van der Waals surface area contributed by atoms with Crippen LogP contribution in [-0.2, 0) is 11.2 Å². The number of hydrogen-bond acceptors (Lipinski definition) is 5. The molecule has 1 aliphatic heterocycles. The Bertz CT molecular complexity index is 669. The van der Waals surface area contributed by atoms with E-state index in [4.69, 9.17) is 4.74 Å². The predicted octanol–water partition coefficient (Wildman–Crippen LogP) is 0.387. The molecular formula is C16H26IN7O. The Kier molecular flexibility index (Phi) is 8.35. The van der Waals surface area contributed by atoms with Crippen LogP contribution >= 0.6 is 24.0 Å². The first-order chi connectivity index (χ1) is 11.9. The SMILES string of the molecule is CN=C(NCCc1nnc2ccccn12)NCCN1CCOCC1.I. The fraction of sp³-hybridized carbons (Fsp3) is 0.562. The van der Waals surface area contributed by atoms with Crippen molar-refractivity contribution in [2.24, 2.45) is 4.99 Å². The topological polar surface area (TPSA) is 79.1 Å². The van der Waals surface area contributed by atoms with Gasteiger partial charge in [-0.25, -0.2) is 0 Å². The monoisotopic (exact) mass is 459 g/mol. The molecule has 3 rings (SSSR count). The molecule has 2 aromatic rings. The number of morpholine rings is 1. The number of nitrogens with one attached hydrogen (secondary N) is 2. The van der Waals surface area contributed by atoms with Crippen LogP contribution in [0.1, 0.15) is 5.82 Å². The number of guanidine groups is 1. The van der Waals surface area contributed by atoms with E-state index in [1.165, 1.54) is 0 Å². The number of aromatic nitrogens is 3. The molecule has 9 heteroatoms. The van der Waals surface area contributed by atoms with Crippen LogP contribution in [0.3, 0.4) is 0 Å². The molecule has 0 spiro atoms. The van der Waals surface area contributed by atoms with E-state index < -0.39 is 0 Å². The van der Waals surface area contributed by atoms with Gasteiger partial charge in [0.2, 0.25) is 0 Å². The minimum Gasteiger partial charge on any atom is -0.379 e. The van der Waals surface area contributed by atoms with Gasteiger partial charge in [-0.15, -0.1) is 34.2 Å². The number of nitrogens with zero attached hydrogens (tertiary/aromatic N) is 5. The molecule has 1 aliphatic rings. The van der Waals surface area contributed by atoms with Gasteiger partial charge in [0, 0.05) is 52.4 Å². The van der Waals surface area contributed by atoms with E-state index in [1.54, 1.807) is 7.05 Å². The lowest BCUT2D eigenvalue weighted by Crippen LogP contribution is -2.44.